The van der Waals surface area contributed by atoms with Crippen LogP contribution in [0.15, 0.2) is 12.1 Å². The standard InChI is InChI=1S/C15H22O2/c1-5-6-7-8-14(16)13-9-11(2)15(17-4)12(3)10-13/h9-10H,5-8H2,1-4H3. The average Bonchev–Trinajstić information content (AvgIpc) is 2.28. The highest BCUT2D eigenvalue weighted by molar-refractivity contribution is 5.96. The van der Waals surface area contributed by atoms with Crippen molar-refractivity contribution in [3.8, 4) is 5.75 Å². The van der Waals surface area contributed by atoms with Gasteiger partial charge in [0.05, 0.1) is 7.11 Å². The molecule has 0 aliphatic carbocycles. The number of ether oxygens (including phenoxy) is 1. The van der Waals surface area contributed by atoms with Gasteiger partial charge in [0.2, 0.25) is 0 Å². The Labute approximate surface area is 104 Å². The second-order valence-electron chi connectivity index (χ2n) is 4.52. The Morgan fingerprint density at radius 1 is 1.18 bits per heavy atom. The molecule has 0 saturated carbocycles. The van der Waals surface area contributed by atoms with Crippen LogP contribution in [0.4, 0.5) is 0 Å². The molecule has 0 radical (unpaired) electrons. The van der Waals surface area contributed by atoms with Crippen LogP contribution >= 0.6 is 0 Å². The molecule has 0 fully saturated rings. The lowest BCUT2D eigenvalue weighted by molar-refractivity contribution is 0.0979. The number of hydrogen-bond acceptors (Lipinski definition) is 2. The van der Waals surface area contributed by atoms with E-state index in [9.17, 15) is 4.79 Å². The molecule has 1 aromatic rings. The summed E-state index contributed by atoms with van der Waals surface area (Å²) >= 11 is 0. The number of carbonyl (C=O) groups is 1. The van der Waals surface area contributed by atoms with Crippen LogP contribution in [0.3, 0.4) is 0 Å². The van der Waals surface area contributed by atoms with Gasteiger partial charge in [0, 0.05) is 12.0 Å². The molecule has 0 aromatic heterocycles. The second kappa shape index (κ2) is 6.43. The summed E-state index contributed by atoms with van der Waals surface area (Å²) in [5.41, 5.74) is 2.88. The van der Waals surface area contributed by atoms with Gasteiger partial charge in [0.1, 0.15) is 5.75 Å². The molecular weight excluding hydrogens is 212 g/mol. The van der Waals surface area contributed by atoms with Crippen LogP contribution in [-0.2, 0) is 0 Å². The third-order valence-electron chi connectivity index (χ3n) is 2.99. The van der Waals surface area contributed by atoms with E-state index in [1.165, 1.54) is 0 Å². The van der Waals surface area contributed by atoms with Crippen molar-refractivity contribution >= 4 is 5.78 Å². The summed E-state index contributed by atoms with van der Waals surface area (Å²) in [5, 5.41) is 0. The fourth-order valence-electron chi connectivity index (χ4n) is 2.11. The van der Waals surface area contributed by atoms with Crippen molar-refractivity contribution in [1.82, 2.24) is 0 Å². The maximum Gasteiger partial charge on any atom is 0.162 e. The lowest BCUT2D eigenvalue weighted by Gasteiger charge is -2.10. The Bertz CT molecular complexity index is 371. The highest BCUT2D eigenvalue weighted by Gasteiger charge is 2.10. The first-order valence-electron chi connectivity index (χ1n) is 6.28. The van der Waals surface area contributed by atoms with Crippen molar-refractivity contribution < 1.29 is 9.53 Å². The van der Waals surface area contributed by atoms with Gasteiger partial charge < -0.3 is 4.74 Å². The molecule has 0 heterocycles. The van der Waals surface area contributed by atoms with Crippen LogP contribution in [0.2, 0.25) is 0 Å². The molecular formula is C15H22O2. The largest absolute Gasteiger partial charge is 0.496 e. The van der Waals surface area contributed by atoms with Crippen LogP contribution in [-0.4, -0.2) is 12.9 Å². The van der Waals surface area contributed by atoms with Crippen molar-refractivity contribution in [1.29, 1.82) is 0 Å². The van der Waals surface area contributed by atoms with E-state index in [4.69, 9.17) is 4.74 Å². The number of rotatable bonds is 6. The number of unbranched alkanes of at least 4 members (excludes halogenated alkanes) is 2. The normalized spacial score (nSPS) is 10.4. The molecule has 94 valence electrons. The molecule has 1 aromatic carbocycles. The molecule has 2 nitrogen and oxygen atoms in total. The predicted octanol–water partition coefficient (Wildman–Crippen LogP) is 4.08. The van der Waals surface area contributed by atoms with E-state index in [-0.39, 0.29) is 5.78 Å². The second-order valence-corrected chi connectivity index (χ2v) is 4.52. The lowest BCUT2D eigenvalue weighted by atomic mass is 9.99. The molecule has 0 saturated heterocycles. The van der Waals surface area contributed by atoms with E-state index >= 15 is 0 Å². The number of carbonyl (C=O) groups excluding carboxylic acids is 1. The van der Waals surface area contributed by atoms with Gasteiger partial charge in [0.25, 0.3) is 0 Å². The van der Waals surface area contributed by atoms with Crippen molar-refractivity contribution in [2.24, 2.45) is 0 Å². The summed E-state index contributed by atoms with van der Waals surface area (Å²) in [6.07, 6.45) is 3.91. The van der Waals surface area contributed by atoms with E-state index in [1.807, 2.05) is 26.0 Å². The fraction of sp³-hybridized carbons (Fsp3) is 0.533. The zero-order valence-electron chi connectivity index (χ0n) is 11.3. The van der Waals surface area contributed by atoms with Crippen molar-refractivity contribution in [3.63, 3.8) is 0 Å². The van der Waals surface area contributed by atoms with E-state index in [2.05, 4.69) is 6.92 Å². The number of methoxy groups -OCH3 is 1. The summed E-state index contributed by atoms with van der Waals surface area (Å²) in [6.45, 7) is 6.11. The quantitative estimate of drug-likeness (QED) is 0.547. The SMILES string of the molecule is CCCCCC(=O)c1cc(C)c(OC)c(C)c1. The van der Waals surface area contributed by atoms with Crippen LogP contribution < -0.4 is 4.74 Å². The highest BCUT2D eigenvalue weighted by atomic mass is 16.5. The molecule has 0 bridgehead atoms. The van der Waals surface area contributed by atoms with Gasteiger partial charge in [-0.2, -0.15) is 0 Å². The van der Waals surface area contributed by atoms with Crippen LogP contribution in [0, 0.1) is 13.8 Å². The molecule has 0 aliphatic rings. The molecule has 0 amide bonds. The molecule has 0 N–H and O–H groups in total. The van der Waals surface area contributed by atoms with E-state index < -0.39 is 0 Å². The van der Waals surface area contributed by atoms with Gasteiger partial charge >= 0.3 is 0 Å². The molecule has 1 rings (SSSR count). The van der Waals surface area contributed by atoms with Gasteiger partial charge in [-0.3, -0.25) is 4.79 Å². The van der Waals surface area contributed by atoms with Gasteiger partial charge in [-0.1, -0.05) is 19.8 Å². The molecule has 0 aliphatic heterocycles. The Morgan fingerprint density at radius 3 is 2.24 bits per heavy atom. The summed E-state index contributed by atoms with van der Waals surface area (Å²) in [6, 6.07) is 3.86. The molecule has 17 heavy (non-hydrogen) atoms. The number of aryl methyl sites for hydroxylation is 2. The molecule has 0 spiro atoms. The summed E-state index contributed by atoms with van der Waals surface area (Å²) in [4.78, 5) is 12.0. The summed E-state index contributed by atoms with van der Waals surface area (Å²) in [7, 11) is 1.66. The maximum atomic E-state index is 12.0. The number of Topliss-reactive ketones (excluding diaryl/α,β-unsaturated/α-hetero) is 1. The highest BCUT2D eigenvalue weighted by Crippen LogP contribution is 2.25. The Kier molecular flexibility index (Phi) is 5.20. The average molecular weight is 234 g/mol. The van der Waals surface area contributed by atoms with Gasteiger partial charge in [-0.05, 0) is 43.5 Å². The number of ketones is 1. The van der Waals surface area contributed by atoms with Gasteiger partial charge in [-0.25, -0.2) is 0 Å². The van der Waals surface area contributed by atoms with E-state index in [0.29, 0.717) is 6.42 Å². The number of benzene rings is 1. The Morgan fingerprint density at radius 2 is 1.76 bits per heavy atom. The smallest absolute Gasteiger partial charge is 0.162 e. The minimum atomic E-state index is 0.243. The first-order chi connectivity index (χ1) is 8.10. The van der Waals surface area contributed by atoms with Gasteiger partial charge in [-0.15, -0.1) is 0 Å². The summed E-state index contributed by atoms with van der Waals surface area (Å²) < 4.78 is 5.30. The topological polar surface area (TPSA) is 26.3 Å². The zero-order valence-corrected chi connectivity index (χ0v) is 11.3. The van der Waals surface area contributed by atoms with E-state index in [0.717, 1.165) is 41.7 Å². The zero-order chi connectivity index (χ0) is 12.8. The first kappa shape index (κ1) is 13.8. The summed E-state index contributed by atoms with van der Waals surface area (Å²) in [5.74, 6) is 1.13. The third-order valence-corrected chi connectivity index (χ3v) is 2.99. The van der Waals surface area contributed by atoms with Crippen LogP contribution in [0.1, 0.15) is 54.1 Å². The van der Waals surface area contributed by atoms with Crippen LogP contribution in [0.25, 0.3) is 0 Å². The Hall–Kier alpha value is -1.31. The fourth-order valence-corrected chi connectivity index (χ4v) is 2.11. The minimum absolute atomic E-state index is 0.243. The van der Waals surface area contributed by atoms with Crippen molar-refractivity contribution in [3.05, 3.63) is 28.8 Å². The minimum Gasteiger partial charge on any atom is -0.496 e. The molecule has 0 unspecified atom stereocenters. The monoisotopic (exact) mass is 234 g/mol. The lowest BCUT2D eigenvalue weighted by Crippen LogP contribution is -2.02. The van der Waals surface area contributed by atoms with Crippen molar-refractivity contribution in [2.45, 2.75) is 46.5 Å². The van der Waals surface area contributed by atoms with Crippen LogP contribution in [0.5, 0.6) is 5.75 Å². The third kappa shape index (κ3) is 3.58. The predicted molar refractivity (Wildman–Crippen MR) is 70.9 cm³/mol. The van der Waals surface area contributed by atoms with Crippen molar-refractivity contribution in [2.75, 3.05) is 7.11 Å². The van der Waals surface area contributed by atoms with E-state index in [1.54, 1.807) is 7.11 Å². The molecule has 2 heteroatoms. The maximum absolute atomic E-state index is 12.0. The first-order valence-corrected chi connectivity index (χ1v) is 6.28. The Balaban J connectivity index is 2.81. The number of hydrogen-bond donors (Lipinski definition) is 0. The molecule has 0 atom stereocenters. The van der Waals surface area contributed by atoms with Gasteiger partial charge in [0.15, 0.2) is 5.78 Å².